The van der Waals surface area contributed by atoms with Crippen LogP contribution in [0.2, 0.25) is 0 Å². The Labute approximate surface area is 198 Å². The molecule has 0 aromatic heterocycles. The van der Waals surface area contributed by atoms with Gasteiger partial charge in [-0.3, -0.25) is 4.55 Å². The Balaban J connectivity index is 0.00000338. The summed E-state index contributed by atoms with van der Waals surface area (Å²) in [5.74, 6) is 0.0723. The molecule has 0 unspecified atom stereocenters. The molecule has 0 radical (unpaired) electrons. The van der Waals surface area contributed by atoms with Crippen LogP contribution in [0.3, 0.4) is 0 Å². The maximum Gasteiger partial charge on any atom is 1.00 e. The number of hydrogen-bond acceptors (Lipinski definition) is 4. The average Bonchev–Trinajstić information content (AvgIpc) is 2.57. The molecular weight excluding hydrogens is 379 g/mol. The van der Waals surface area contributed by atoms with Gasteiger partial charge in [0, 0.05) is 0 Å². The average molecular weight is 403 g/mol. The molecule has 0 amide bonds. The molecule has 1 N–H and O–H groups in total. The van der Waals surface area contributed by atoms with Gasteiger partial charge in [-0.05, 0) is 42.7 Å². The number of para-hydroxylation sites is 1. The molecule has 136 valence electrons. The summed E-state index contributed by atoms with van der Waals surface area (Å²) in [6.07, 6.45) is 5.69. The van der Waals surface area contributed by atoms with Crippen molar-refractivity contribution in [2.75, 3.05) is 0 Å². The largest absolute Gasteiger partial charge is 1.00 e. The smallest absolute Gasteiger partial charge is 0.870 e. The Kier molecular flexibility index (Phi) is 10.4. The molecule has 0 heterocycles. The van der Waals surface area contributed by atoms with Crippen molar-refractivity contribution in [1.29, 1.82) is 0 Å². The first-order chi connectivity index (χ1) is 11.9. The molecule has 0 spiro atoms. The van der Waals surface area contributed by atoms with Crippen molar-refractivity contribution >= 4 is 10.1 Å². The summed E-state index contributed by atoms with van der Waals surface area (Å²) < 4.78 is 37.7. The van der Waals surface area contributed by atoms with Gasteiger partial charge in [-0.2, -0.15) is 8.42 Å². The zero-order chi connectivity index (χ0) is 18.3. The molecule has 26 heavy (non-hydrogen) atoms. The van der Waals surface area contributed by atoms with Gasteiger partial charge in [0.25, 0.3) is 10.1 Å². The summed E-state index contributed by atoms with van der Waals surface area (Å²) in [6, 6.07) is 11.1. The number of hydrogen-bond donors (Lipinski definition) is 1. The second kappa shape index (κ2) is 11.4. The second-order valence-electron chi connectivity index (χ2n) is 5.96. The van der Waals surface area contributed by atoms with Crippen molar-refractivity contribution in [3.8, 4) is 17.2 Å². The van der Waals surface area contributed by atoms with Gasteiger partial charge in [0.15, 0.2) is 0 Å². The molecule has 0 fully saturated rings. The van der Waals surface area contributed by atoms with Gasteiger partial charge < -0.3 is 9.84 Å². The zero-order valence-electron chi connectivity index (χ0n) is 15.3. The third-order valence-corrected chi connectivity index (χ3v) is 4.75. The second-order valence-corrected chi connectivity index (χ2v) is 7.39. The van der Waals surface area contributed by atoms with E-state index in [0.29, 0.717) is 17.7 Å². The standard InChI is InChI=1S/C19H24O5S.K/c1-2-3-4-5-7-10-15-13-17(25(21,22)23)14-18(20)19(15)24-16-11-8-6-9-12-16;/h6,8-9,11-14,20H,2-5,7,10H2,1H3,(H,21,22,23);/q;+1/p-1. The van der Waals surface area contributed by atoms with E-state index >= 15 is 0 Å². The molecule has 2 aromatic rings. The van der Waals surface area contributed by atoms with Crippen molar-refractivity contribution in [3.05, 3.63) is 48.0 Å². The minimum Gasteiger partial charge on any atom is -0.870 e. The summed E-state index contributed by atoms with van der Waals surface area (Å²) in [4.78, 5) is -0.388. The number of ether oxygens (including phenoxy) is 1. The molecule has 0 saturated carbocycles. The SMILES string of the molecule is CCCCCCCc1cc(S(=O)(=O)O)cc([O-])c1Oc1ccccc1.[K+]. The quantitative estimate of drug-likeness (QED) is 0.388. The molecule has 0 atom stereocenters. The van der Waals surface area contributed by atoms with Crippen LogP contribution in [0.4, 0.5) is 0 Å². The summed E-state index contributed by atoms with van der Waals surface area (Å²) in [5.41, 5.74) is 0.500. The maximum atomic E-state index is 12.3. The number of unbranched alkanes of at least 4 members (excludes halogenated alkanes) is 4. The van der Waals surface area contributed by atoms with Gasteiger partial charge in [0.05, 0.1) is 4.90 Å². The predicted octanol–water partition coefficient (Wildman–Crippen LogP) is 1.32. The van der Waals surface area contributed by atoms with Gasteiger partial charge in [-0.1, -0.05) is 56.6 Å². The molecular formula is C19H23KO5S. The van der Waals surface area contributed by atoms with Gasteiger partial charge in [0.1, 0.15) is 11.5 Å². The predicted molar refractivity (Wildman–Crippen MR) is 94.7 cm³/mol. The van der Waals surface area contributed by atoms with Gasteiger partial charge in [0.2, 0.25) is 0 Å². The van der Waals surface area contributed by atoms with Gasteiger partial charge in [-0.25, -0.2) is 0 Å². The third-order valence-electron chi connectivity index (χ3n) is 3.92. The first-order valence-electron chi connectivity index (χ1n) is 8.46. The topological polar surface area (TPSA) is 86.7 Å². The van der Waals surface area contributed by atoms with E-state index in [0.717, 1.165) is 38.2 Å². The Morgan fingerprint density at radius 1 is 1.04 bits per heavy atom. The van der Waals surface area contributed by atoms with Crippen LogP contribution in [0.1, 0.15) is 44.6 Å². The van der Waals surface area contributed by atoms with E-state index in [1.54, 1.807) is 24.3 Å². The molecule has 0 saturated heterocycles. The van der Waals surface area contributed by atoms with Crippen LogP contribution in [-0.2, 0) is 16.5 Å². The summed E-state index contributed by atoms with van der Waals surface area (Å²) in [5, 5.41) is 12.3. The van der Waals surface area contributed by atoms with E-state index < -0.39 is 15.9 Å². The van der Waals surface area contributed by atoms with Gasteiger partial charge in [-0.15, -0.1) is 0 Å². The van der Waals surface area contributed by atoms with Crippen LogP contribution in [0.25, 0.3) is 0 Å². The molecule has 5 nitrogen and oxygen atoms in total. The van der Waals surface area contributed by atoms with Crippen LogP contribution in [0.5, 0.6) is 17.2 Å². The van der Waals surface area contributed by atoms with Crippen LogP contribution >= 0.6 is 0 Å². The van der Waals surface area contributed by atoms with E-state index in [-0.39, 0.29) is 62.0 Å². The van der Waals surface area contributed by atoms with Crippen LogP contribution in [0, 0.1) is 0 Å². The van der Waals surface area contributed by atoms with Crippen molar-refractivity contribution in [2.24, 2.45) is 0 Å². The molecule has 0 aliphatic heterocycles. The zero-order valence-corrected chi connectivity index (χ0v) is 19.2. The molecule has 0 aliphatic carbocycles. The Morgan fingerprint density at radius 3 is 2.31 bits per heavy atom. The fraction of sp³-hybridized carbons (Fsp3) is 0.368. The van der Waals surface area contributed by atoms with Crippen molar-refractivity contribution in [1.82, 2.24) is 0 Å². The van der Waals surface area contributed by atoms with Crippen LogP contribution < -0.4 is 61.2 Å². The minimum absolute atomic E-state index is 0. The van der Waals surface area contributed by atoms with Crippen LogP contribution in [-0.4, -0.2) is 13.0 Å². The van der Waals surface area contributed by atoms with E-state index in [9.17, 15) is 18.1 Å². The molecule has 2 aromatic carbocycles. The molecule has 7 heteroatoms. The monoisotopic (exact) mass is 402 g/mol. The fourth-order valence-electron chi connectivity index (χ4n) is 2.61. The normalized spacial score (nSPS) is 11.0. The number of benzene rings is 2. The van der Waals surface area contributed by atoms with Crippen molar-refractivity contribution in [2.45, 2.75) is 50.3 Å². The fourth-order valence-corrected chi connectivity index (χ4v) is 3.15. The van der Waals surface area contributed by atoms with E-state index in [1.807, 2.05) is 6.07 Å². The first kappa shape index (κ1) is 23.6. The number of rotatable bonds is 9. The Morgan fingerprint density at radius 2 is 1.69 bits per heavy atom. The van der Waals surface area contributed by atoms with Crippen LogP contribution in [0.15, 0.2) is 47.4 Å². The summed E-state index contributed by atoms with van der Waals surface area (Å²) in [6.45, 7) is 2.13. The third kappa shape index (κ3) is 7.30. The van der Waals surface area contributed by atoms with Gasteiger partial charge >= 0.3 is 51.4 Å². The summed E-state index contributed by atoms with van der Waals surface area (Å²) in [7, 11) is -4.43. The molecule has 0 bridgehead atoms. The van der Waals surface area contributed by atoms with E-state index in [4.69, 9.17) is 4.74 Å². The number of aryl methyl sites for hydroxylation is 1. The maximum absolute atomic E-state index is 12.3. The minimum atomic E-state index is -4.43. The Hall–Kier alpha value is -0.414. The Bertz CT molecular complexity index is 791. The summed E-state index contributed by atoms with van der Waals surface area (Å²) >= 11 is 0. The van der Waals surface area contributed by atoms with Crippen molar-refractivity contribution in [3.63, 3.8) is 0 Å². The van der Waals surface area contributed by atoms with Crippen molar-refractivity contribution < 1.29 is 74.2 Å². The van der Waals surface area contributed by atoms with E-state index in [1.165, 1.54) is 6.07 Å². The molecule has 2 rings (SSSR count). The van der Waals surface area contributed by atoms with E-state index in [2.05, 4.69) is 6.92 Å². The first-order valence-corrected chi connectivity index (χ1v) is 9.90. The molecule has 0 aliphatic rings.